The third-order valence-corrected chi connectivity index (χ3v) is 2.72. The highest BCUT2D eigenvalue weighted by Crippen LogP contribution is 1.97. The van der Waals surface area contributed by atoms with Gasteiger partial charge in [0.25, 0.3) is 0 Å². The van der Waals surface area contributed by atoms with Gasteiger partial charge in [-0.25, -0.2) is 0 Å². The minimum Gasteiger partial charge on any atom is -0.353 e. The molecule has 0 aromatic heterocycles. The minimum atomic E-state index is -0.114. The van der Waals surface area contributed by atoms with E-state index >= 15 is 0 Å². The van der Waals surface area contributed by atoms with Crippen LogP contribution in [0, 0.1) is 0 Å². The van der Waals surface area contributed by atoms with Crippen molar-refractivity contribution in [2.45, 2.75) is 32.9 Å². The first-order valence-corrected chi connectivity index (χ1v) is 6.45. The number of rotatable bonds is 8. The van der Waals surface area contributed by atoms with E-state index in [0.717, 1.165) is 18.1 Å². The predicted octanol–water partition coefficient (Wildman–Crippen LogP) is 1.41. The Balaban J connectivity index is 3.51. The molecule has 1 atom stereocenters. The van der Waals surface area contributed by atoms with Crippen molar-refractivity contribution in [3.05, 3.63) is 12.7 Å². The summed E-state index contributed by atoms with van der Waals surface area (Å²) in [6.45, 7) is 10.3. The van der Waals surface area contributed by atoms with Crippen molar-refractivity contribution in [3.63, 3.8) is 0 Å². The lowest BCUT2D eigenvalue weighted by Gasteiger charge is -2.15. The summed E-state index contributed by atoms with van der Waals surface area (Å²) in [6.07, 6.45) is 1.89. The van der Waals surface area contributed by atoms with E-state index in [0.29, 0.717) is 0 Å². The summed E-state index contributed by atoms with van der Waals surface area (Å²) in [4.78, 5) is 11.5. The SMILES string of the molecule is C=CCSCCNC(C)C(=O)NC(C)C. The molecule has 0 heterocycles. The monoisotopic (exact) mass is 230 g/mol. The van der Waals surface area contributed by atoms with E-state index < -0.39 is 0 Å². The Morgan fingerprint density at radius 3 is 2.67 bits per heavy atom. The highest BCUT2D eigenvalue weighted by Gasteiger charge is 2.11. The summed E-state index contributed by atoms with van der Waals surface area (Å²) in [6, 6.07) is 0.0913. The standard InChI is InChI=1S/C11H22N2OS/c1-5-7-15-8-6-12-10(4)11(14)13-9(2)3/h5,9-10,12H,1,6-8H2,2-4H3,(H,13,14). The first kappa shape index (κ1) is 14.5. The van der Waals surface area contributed by atoms with E-state index in [-0.39, 0.29) is 18.0 Å². The van der Waals surface area contributed by atoms with Gasteiger partial charge in [0, 0.05) is 24.1 Å². The molecule has 0 spiro atoms. The molecular weight excluding hydrogens is 208 g/mol. The van der Waals surface area contributed by atoms with Crippen molar-refractivity contribution in [2.24, 2.45) is 0 Å². The molecule has 0 aliphatic rings. The molecule has 0 aliphatic carbocycles. The molecule has 0 aliphatic heterocycles. The molecule has 0 rings (SSSR count). The number of hydrogen-bond donors (Lipinski definition) is 2. The van der Waals surface area contributed by atoms with Crippen LogP contribution in [-0.2, 0) is 4.79 Å². The second-order valence-corrected chi connectivity index (χ2v) is 4.85. The van der Waals surface area contributed by atoms with Gasteiger partial charge in [-0.05, 0) is 20.8 Å². The van der Waals surface area contributed by atoms with Crippen LogP contribution in [0.15, 0.2) is 12.7 Å². The summed E-state index contributed by atoms with van der Waals surface area (Å²) in [5.74, 6) is 2.04. The lowest BCUT2D eigenvalue weighted by molar-refractivity contribution is -0.123. The fourth-order valence-corrected chi connectivity index (χ4v) is 1.61. The maximum Gasteiger partial charge on any atom is 0.237 e. The maximum atomic E-state index is 11.5. The van der Waals surface area contributed by atoms with Crippen molar-refractivity contribution in [3.8, 4) is 0 Å². The van der Waals surface area contributed by atoms with Gasteiger partial charge in [-0.15, -0.1) is 6.58 Å². The lowest BCUT2D eigenvalue weighted by atomic mass is 10.3. The van der Waals surface area contributed by atoms with Crippen LogP contribution in [-0.4, -0.2) is 36.0 Å². The van der Waals surface area contributed by atoms with Crippen LogP contribution in [0.4, 0.5) is 0 Å². The van der Waals surface area contributed by atoms with Gasteiger partial charge in [0.1, 0.15) is 0 Å². The normalized spacial score (nSPS) is 12.5. The Labute approximate surface area is 97.1 Å². The summed E-state index contributed by atoms with van der Waals surface area (Å²) in [5.41, 5.74) is 0. The van der Waals surface area contributed by atoms with Crippen molar-refractivity contribution in [2.75, 3.05) is 18.1 Å². The first-order chi connectivity index (χ1) is 7.07. The van der Waals surface area contributed by atoms with Crippen LogP contribution in [0.3, 0.4) is 0 Å². The molecule has 0 aromatic carbocycles. The molecule has 0 saturated heterocycles. The largest absolute Gasteiger partial charge is 0.353 e. The third-order valence-electron chi connectivity index (χ3n) is 1.76. The van der Waals surface area contributed by atoms with Crippen LogP contribution in [0.1, 0.15) is 20.8 Å². The molecule has 88 valence electrons. The second-order valence-electron chi connectivity index (χ2n) is 3.70. The molecule has 0 saturated carbocycles. The van der Waals surface area contributed by atoms with E-state index in [1.165, 1.54) is 0 Å². The molecule has 0 radical (unpaired) electrons. The molecular formula is C11H22N2OS. The molecule has 1 amide bonds. The molecule has 2 N–H and O–H groups in total. The highest BCUT2D eigenvalue weighted by atomic mass is 32.2. The maximum absolute atomic E-state index is 11.5. The zero-order valence-electron chi connectivity index (χ0n) is 9.88. The number of carbonyl (C=O) groups is 1. The zero-order chi connectivity index (χ0) is 11.7. The van der Waals surface area contributed by atoms with Gasteiger partial charge in [0.15, 0.2) is 0 Å². The van der Waals surface area contributed by atoms with Gasteiger partial charge in [0.2, 0.25) is 5.91 Å². The van der Waals surface area contributed by atoms with E-state index in [2.05, 4.69) is 17.2 Å². The molecule has 0 aromatic rings. The summed E-state index contributed by atoms with van der Waals surface area (Å²) in [5, 5.41) is 6.05. The summed E-state index contributed by atoms with van der Waals surface area (Å²) in [7, 11) is 0. The Morgan fingerprint density at radius 2 is 2.13 bits per heavy atom. The van der Waals surface area contributed by atoms with Gasteiger partial charge in [0.05, 0.1) is 6.04 Å². The number of nitrogens with one attached hydrogen (secondary N) is 2. The van der Waals surface area contributed by atoms with Crippen molar-refractivity contribution < 1.29 is 4.79 Å². The van der Waals surface area contributed by atoms with Crippen LogP contribution in [0.25, 0.3) is 0 Å². The summed E-state index contributed by atoms with van der Waals surface area (Å²) >= 11 is 1.81. The molecule has 3 nitrogen and oxygen atoms in total. The smallest absolute Gasteiger partial charge is 0.237 e. The van der Waals surface area contributed by atoms with E-state index in [1.54, 1.807) is 0 Å². The first-order valence-electron chi connectivity index (χ1n) is 5.30. The number of hydrogen-bond acceptors (Lipinski definition) is 3. The Kier molecular flexibility index (Phi) is 8.52. The Morgan fingerprint density at radius 1 is 1.47 bits per heavy atom. The molecule has 0 bridgehead atoms. The van der Waals surface area contributed by atoms with E-state index in [9.17, 15) is 4.79 Å². The van der Waals surface area contributed by atoms with Gasteiger partial charge in [-0.3, -0.25) is 4.79 Å². The van der Waals surface area contributed by atoms with Crippen LogP contribution >= 0.6 is 11.8 Å². The van der Waals surface area contributed by atoms with Crippen LogP contribution in [0.2, 0.25) is 0 Å². The van der Waals surface area contributed by atoms with Gasteiger partial charge in [-0.1, -0.05) is 6.08 Å². The fraction of sp³-hybridized carbons (Fsp3) is 0.727. The van der Waals surface area contributed by atoms with Crippen molar-refractivity contribution >= 4 is 17.7 Å². The van der Waals surface area contributed by atoms with Crippen LogP contribution < -0.4 is 10.6 Å². The predicted molar refractivity (Wildman–Crippen MR) is 68.3 cm³/mol. The minimum absolute atomic E-state index is 0.0683. The average molecular weight is 230 g/mol. The summed E-state index contributed by atoms with van der Waals surface area (Å²) < 4.78 is 0. The van der Waals surface area contributed by atoms with Gasteiger partial charge in [-0.2, -0.15) is 11.8 Å². The number of amides is 1. The third kappa shape index (κ3) is 8.51. The van der Waals surface area contributed by atoms with Crippen molar-refractivity contribution in [1.29, 1.82) is 0 Å². The van der Waals surface area contributed by atoms with Crippen molar-refractivity contribution in [1.82, 2.24) is 10.6 Å². The number of carbonyl (C=O) groups excluding carboxylic acids is 1. The zero-order valence-corrected chi connectivity index (χ0v) is 10.7. The van der Waals surface area contributed by atoms with E-state index in [4.69, 9.17) is 0 Å². The Hall–Kier alpha value is -0.480. The van der Waals surface area contributed by atoms with Crippen LogP contribution in [0.5, 0.6) is 0 Å². The molecule has 4 heteroatoms. The topological polar surface area (TPSA) is 41.1 Å². The van der Waals surface area contributed by atoms with Gasteiger partial charge < -0.3 is 10.6 Å². The average Bonchev–Trinajstić information content (AvgIpc) is 2.16. The fourth-order valence-electron chi connectivity index (χ4n) is 1.02. The van der Waals surface area contributed by atoms with E-state index in [1.807, 2.05) is 38.6 Å². The quantitative estimate of drug-likeness (QED) is 0.489. The lowest BCUT2D eigenvalue weighted by Crippen LogP contribution is -2.45. The highest BCUT2D eigenvalue weighted by molar-refractivity contribution is 7.99. The van der Waals surface area contributed by atoms with Gasteiger partial charge >= 0.3 is 0 Å². The second kappa shape index (κ2) is 8.80. The molecule has 0 fully saturated rings. The molecule has 15 heavy (non-hydrogen) atoms. The molecule has 1 unspecified atom stereocenters. The number of thioether (sulfide) groups is 1. The Bertz CT molecular complexity index is 195.